The van der Waals surface area contributed by atoms with Crippen LogP contribution in [0.1, 0.15) is 37.8 Å². The predicted octanol–water partition coefficient (Wildman–Crippen LogP) is 2.43. The fourth-order valence-corrected chi connectivity index (χ4v) is 2.76. The Labute approximate surface area is 125 Å². The molecular weight excluding hydrogens is 327 g/mol. The number of halogens is 2. The number of rotatable bonds is 4. The quantitative estimate of drug-likeness (QED) is 0.882. The van der Waals surface area contributed by atoms with E-state index in [0.29, 0.717) is 29.3 Å². The normalized spacial score (nSPS) is 19.6. The summed E-state index contributed by atoms with van der Waals surface area (Å²) in [5, 5.41) is 5.48. The summed E-state index contributed by atoms with van der Waals surface area (Å²) in [6.45, 7) is 1.91. The molecule has 6 heteroatoms. The lowest BCUT2D eigenvalue weighted by Gasteiger charge is -2.20. The molecule has 0 aromatic heterocycles. The zero-order valence-electron chi connectivity index (χ0n) is 11.1. The molecule has 2 N–H and O–H groups in total. The molecule has 1 aliphatic rings. The van der Waals surface area contributed by atoms with Gasteiger partial charge in [0, 0.05) is 10.9 Å². The van der Waals surface area contributed by atoms with Gasteiger partial charge in [0.15, 0.2) is 0 Å². The molecule has 0 spiro atoms. The largest absolute Gasteiger partial charge is 0.348 e. The molecule has 2 amide bonds. The second-order valence-electron chi connectivity index (χ2n) is 4.83. The van der Waals surface area contributed by atoms with E-state index in [1.807, 2.05) is 6.92 Å². The average Bonchev–Trinajstić information content (AvgIpc) is 2.81. The van der Waals surface area contributed by atoms with Crippen molar-refractivity contribution in [2.75, 3.05) is 0 Å². The lowest BCUT2D eigenvalue weighted by molar-refractivity contribution is -0.126. The molecule has 2 rings (SSSR count). The number of carbonyl (C=O) groups is 2. The third kappa shape index (κ3) is 3.56. The third-order valence-corrected chi connectivity index (χ3v) is 3.78. The highest BCUT2D eigenvalue weighted by Crippen LogP contribution is 2.23. The van der Waals surface area contributed by atoms with Crippen molar-refractivity contribution in [3.63, 3.8) is 0 Å². The molecular formula is C14H16BrFN2O2. The highest BCUT2D eigenvalue weighted by atomic mass is 79.9. The van der Waals surface area contributed by atoms with Crippen LogP contribution in [0.5, 0.6) is 0 Å². The smallest absolute Gasteiger partial charge is 0.243 e. The zero-order chi connectivity index (χ0) is 14.7. The maximum absolute atomic E-state index is 13.4. The summed E-state index contributed by atoms with van der Waals surface area (Å²) >= 11 is 3.24. The Kier molecular flexibility index (Phi) is 4.75. The zero-order valence-corrected chi connectivity index (χ0v) is 12.7. The second-order valence-corrected chi connectivity index (χ2v) is 5.75. The average molecular weight is 343 g/mol. The van der Waals surface area contributed by atoms with Crippen LogP contribution >= 0.6 is 15.9 Å². The Bertz CT molecular complexity index is 516. The Morgan fingerprint density at radius 2 is 2.30 bits per heavy atom. The van der Waals surface area contributed by atoms with Crippen LogP contribution in [0.4, 0.5) is 4.39 Å². The van der Waals surface area contributed by atoms with Gasteiger partial charge >= 0.3 is 0 Å². The van der Waals surface area contributed by atoms with Crippen molar-refractivity contribution >= 4 is 27.7 Å². The molecule has 20 heavy (non-hydrogen) atoms. The Hall–Kier alpha value is -1.43. The summed E-state index contributed by atoms with van der Waals surface area (Å²) in [6.07, 6.45) is 1.52. The van der Waals surface area contributed by atoms with Crippen LogP contribution in [0.15, 0.2) is 22.7 Å². The van der Waals surface area contributed by atoms with Crippen molar-refractivity contribution in [1.29, 1.82) is 0 Å². The van der Waals surface area contributed by atoms with Crippen LogP contribution in [0.2, 0.25) is 0 Å². The van der Waals surface area contributed by atoms with Gasteiger partial charge in [-0.3, -0.25) is 9.59 Å². The minimum atomic E-state index is -0.478. The van der Waals surface area contributed by atoms with Crippen molar-refractivity contribution in [3.05, 3.63) is 34.1 Å². The predicted molar refractivity (Wildman–Crippen MR) is 76.4 cm³/mol. The maximum Gasteiger partial charge on any atom is 0.243 e. The van der Waals surface area contributed by atoms with Gasteiger partial charge in [-0.15, -0.1) is 0 Å². The minimum absolute atomic E-state index is 0.105. The number of hydrogen-bond donors (Lipinski definition) is 2. The number of hydrogen-bond acceptors (Lipinski definition) is 2. The van der Waals surface area contributed by atoms with E-state index in [0.717, 1.165) is 0 Å². The Morgan fingerprint density at radius 3 is 2.85 bits per heavy atom. The molecule has 0 bridgehead atoms. The molecule has 0 saturated carbocycles. The lowest BCUT2D eigenvalue weighted by Crippen LogP contribution is -2.43. The molecule has 108 valence electrons. The van der Waals surface area contributed by atoms with E-state index in [9.17, 15) is 14.0 Å². The van der Waals surface area contributed by atoms with Crippen LogP contribution in [0, 0.1) is 5.82 Å². The highest BCUT2D eigenvalue weighted by molar-refractivity contribution is 9.10. The first-order chi connectivity index (χ1) is 9.49. The number of nitrogens with one attached hydrogen (secondary N) is 2. The van der Waals surface area contributed by atoms with Gasteiger partial charge in [-0.2, -0.15) is 0 Å². The van der Waals surface area contributed by atoms with Gasteiger partial charge in [0.25, 0.3) is 0 Å². The monoisotopic (exact) mass is 342 g/mol. The van der Waals surface area contributed by atoms with Crippen molar-refractivity contribution in [2.24, 2.45) is 0 Å². The van der Waals surface area contributed by atoms with Gasteiger partial charge in [-0.05, 0) is 36.6 Å². The Balaban J connectivity index is 2.08. The van der Waals surface area contributed by atoms with E-state index < -0.39 is 6.04 Å². The first kappa shape index (κ1) is 15.0. The van der Waals surface area contributed by atoms with Gasteiger partial charge in [-0.1, -0.05) is 22.9 Å². The van der Waals surface area contributed by atoms with Crippen LogP contribution < -0.4 is 10.6 Å². The van der Waals surface area contributed by atoms with E-state index in [-0.39, 0.29) is 23.7 Å². The van der Waals surface area contributed by atoms with Crippen LogP contribution in [-0.2, 0) is 9.59 Å². The molecule has 4 nitrogen and oxygen atoms in total. The van der Waals surface area contributed by atoms with Gasteiger partial charge in [0.05, 0.1) is 6.04 Å². The molecule has 1 aromatic carbocycles. The van der Waals surface area contributed by atoms with E-state index in [1.165, 1.54) is 12.1 Å². The summed E-state index contributed by atoms with van der Waals surface area (Å²) < 4.78 is 14.0. The van der Waals surface area contributed by atoms with Crippen molar-refractivity contribution < 1.29 is 14.0 Å². The fourth-order valence-electron chi connectivity index (χ4n) is 2.28. The molecule has 1 fully saturated rings. The van der Waals surface area contributed by atoms with Crippen LogP contribution in [0.3, 0.4) is 0 Å². The summed E-state index contributed by atoms with van der Waals surface area (Å²) in [5.74, 6) is -0.675. The van der Waals surface area contributed by atoms with E-state index in [2.05, 4.69) is 26.6 Å². The maximum atomic E-state index is 13.4. The second kappa shape index (κ2) is 6.35. The summed E-state index contributed by atoms with van der Waals surface area (Å²) in [5.41, 5.74) is 0.706. The molecule has 1 saturated heterocycles. The van der Waals surface area contributed by atoms with Crippen molar-refractivity contribution in [1.82, 2.24) is 10.6 Å². The van der Waals surface area contributed by atoms with Gasteiger partial charge < -0.3 is 10.6 Å². The third-order valence-electron chi connectivity index (χ3n) is 3.32. The highest BCUT2D eigenvalue weighted by Gasteiger charge is 2.28. The first-order valence-electron chi connectivity index (χ1n) is 6.55. The molecule has 1 aromatic rings. The molecule has 1 heterocycles. The summed E-state index contributed by atoms with van der Waals surface area (Å²) in [7, 11) is 0. The van der Waals surface area contributed by atoms with E-state index in [4.69, 9.17) is 0 Å². The van der Waals surface area contributed by atoms with Gasteiger partial charge in [0.1, 0.15) is 11.9 Å². The van der Waals surface area contributed by atoms with E-state index in [1.54, 1.807) is 6.07 Å². The van der Waals surface area contributed by atoms with Gasteiger partial charge in [0.2, 0.25) is 11.8 Å². The van der Waals surface area contributed by atoms with Crippen LogP contribution in [-0.4, -0.2) is 17.9 Å². The number of amides is 2. The Morgan fingerprint density at radius 1 is 1.55 bits per heavy atom. The fraction of sp³-hybridized carbons (Fsp3) is 0.429. The molecule has 2 atom stereocenters. The van der Waals surface area contributed by atoms with Gasteiger partial charge in [-0.25, -0.2) is 4.39 Å². The number of carbonyl (C=O) groups excluding carboxylic acids is 2. The molecule has 0 aliphatic carbocycles. The standard InChI is InChI=1S/C14H16BrFN2O2/c1-2-11(8-5-9(15)7-10(16)6-8)18-14(20)12-3-4-13(19)17-12/h5-7,11-12H,2-4H2,1H3,(H,17,19)(H,18,20). The molecule has 2 unspecified atom stereocenters. The molecule has 0 radical (unpaired) electrons. The molecule has 1 aliphatic heterocycles. The first-order valence-corrected chi connectivity index (χ1v) is 7.34. The van der Waals surface area contributed by atoms with Crippen molar-refractivity contribution in [3.8, 4) is 0 Å². The summed E-state index contributed by atoms with van der Waals surface area (Å²) in [4.78, 5) is 23.2. The lowest BCUT2D eigenvalue weighted by atomic mass is 10.0. The van der Waals surface area contributed by atoms with Crippen molar-refractivity contribution in [2.45, 2.75) is 38.3 Å². The van der Waals surface area contributed by atoms with Crippen LogP contribution in [0.25, 0.3) is 0 Å². The summed E-state index contributed by atoms with van der Waals surface area (Å²) in [6, 6.07) is 3.81. The topological polar surface area (TPSA) is 58.2 Å². The SMILES string of the molecule is CCC(NC(=O)C1CCC(=O)N1)c1cc(F)cc(Br)c1. The van der Waals surface area contributed by atoms with E-state index >= 15 is 0 Å². The minimum Gasteiger partial charge on any atom is -0.348 e. The number of benzene rings is 1.